The number of hydrogen-bond donors (Lipinski definition) is 2. The van der Waals surface area contributed by atoms with E-state index in [0.717, 1.165) is 32.1 Å². The summed E-state index contributed by atoms with van der Waals surface area (Å²) >= 11 is 3.77. The van der Waals surface area contributed by atoms with Crippen molar-refractivity contribution in [3.8, 4) is 0 Å². The molecule has 286 valence electrons. The van der Waals surface area contributed by atoms with E-state index in [1.807, 2.05) is 49.1 Å². The molecule has 0 aromatic heterocycles. The summed E-state index contributed by atoms with van der Waals surface area (Å²) in [5, 5.41) is 13.7. The summed E-state index contributed by atoms with van der Waals surface area (Å²) in [5.74, 6) is -3.45. The van der Waals surface area contributed by atoms with Gasteiger partial charge in [0.05, 0.1) is 43.2 Å². The molecule has 1 unspecified atom stereocenters. The zero-order valence-corrected chi connectivity index (χ0v) is 32.4. The van der Waals surface area contributed by atoms with Gasteiger partial charge in [-0.2, -0.15) is 0 Å². The number of alkyl halides is 1. The van der Waals surface area contributed by atoms with Gasteiger partial charge in [-0.3, -0.25) is 19.2 Å². The van der Waals surface area contributed by atoms with Gasteiger partial charge in [0.2, 0.25) is 17.7 Å². The quantitative estimate of drug-likeness (QED) is 0.122. The number of methoxy groups -OCH3 is 1. The number of aliphatic hydroxyl groups is 1. The van der Waals surface area contributed by atoms with Gasteiger partial charge in [-0.15, -0.1) is 13.2 Å². The van der Waals surface area contributed by atoms with Gasteiger partial charge in [-0.1, -0.05) is 91.5 Å². The predicted molar refractivity (Wildman–Crippen MR) is 200 cm³/mol. The Kier molecular flexibility index (Phi) is 13.8. The molecule has 2 N–H and O–H groups in total. The topological polar surface area (TPSA) is 135 Å². The van der Waals surface area contributed by atoms with E-state index in [-0.39, 0.29) is 54.1 Å². The molecular weight excluding hydrogens is 730 g/mol. The molecule has 0 radical (unpaired) electrons. The normalized spacial score (nSPS) is 28.6. The number of benzene rings is 1. The number of rotatable bonds is 18. The monoisotopic (exact) mass is 785 g/mol. The lowest BCUT2D eigenvalue weighted by atomic mass is 9.70. The summed E-state index contributed by atoms with van der Waals surface area (Å²) in [4.78, 5) is 60.6. The van der Waals surface area contributed by atoms with E-state index in [1.165, 1.54) is 7.11 Å². The minimum atomic E-state index is -1.32. The maximum Gasteiger partial charge on any atom is 0.313 e. The Bertz CT molecular complexity index is 1440. The standard InChI is InChI=1S/C40H56BrN3O8/c1-6-8-19-31(46)42-30(24-50-5)34(26-15-11-9-12-16-26)51-39(49)32-33-37(47)44(28(23-45)21-25(3)4)36(40(33)22-29(41)35(32)52-40)38(48)43(20-7-2)27-17-13-10-14-18-27/h6-7,9,11-12,15-16,25,27-30,32-36,45H,1-2,8,10,13-14,17-24H2,3-5H3,(H,42,46)/t28-,29?,30-,32+,33-,34-,35+,36+,40-/m1/s1. The number of amides is 3. The second kappa shape index (κ2) is 17.8. The van der Waals surface area contributed by atoms with Crippen molar-refractivity contribution in [1.29, 1.82) is 0 Å². The van der Waals surface area contributed by atoms with Crippen molar-refractivity contribution in [1.82, 2.24) is 15.1 Å². The molecule has 5 rings (SSSR count). The van der Waals surface area contributed by atoms with E-state index in [4.69, 9.17) is 14.2 Å². The number of likely N-dealkylation sites (tertiary alicyclic amines) is 1. The first kappa shape index (κ1) is 40.1. The average molecular weight is 787 g/mol. The van der Waals surface area contributed by atoms with Crippen molar-refractivity contribution in [2.45, 2.75) is 118 Å². The van der Waals surface area contributed by atoms with Crippen LogP contribution in [-0.4, -0.2) is 106 Å². The van der Waals surface area contributed by atoms with Crippen molar-refractivity contribution < 1.29 is 38.5 Å². The van der Waals surface area contributed by atoms with Crippen LogP contribution in [0.1, 0.15) is 83.3 Å². The van der Waals surface area contributed by atoms with Crippen molar-refractivity contribution in [2.24, 2.45) is 17.8 Å². The van der Waals surface area contributed by atoms with Crippen LogP contribution in [0.15, 0.2) is 55.6 Å². The number of fused-ring (bicyclic) bond motifs is 1. The number of halogens is 1. The fraction of sp³-hybridized carbons (Fsp3) is 0.650. The third-order valence-electron chi connectivity index (χ3n) is 11.2. The average Bonchev–Trinajstić information content (AvgIpc) is 3.74. The van der Waals surface area contributed by atoms with Gasteiger partial charge < -0.3 is 34.4 Å². The Hall–Kier alpha value is -3.06. The molecule has 12 heteroatoms. The molecule has 11 nitrogen and oxygen atoms in total. The minimum Gasteiger partial charge on any atom is -0.455 e. The predicted octanol–water partition coefficient (Wildman–Crippen LogP) is 4.87. The smallest absolute Gasteiger partial charge is 0.313 e. The third-order valence-corrected chi connectivity index (χ3v) is 12.1. The zero-order chi connectivity index (χ0) is 37.6. The van der Waals surface area contributed by atoms with Crippen LogP contribution in [0.25, 0.3) is 0 Å². The number of ether oxygens (including phenoxy) is 3. The van der Waals surface area contributed by atoms with Crippen LogP contribution in [-0.2, 0) is 33.4 Å². The van der Waals surface area contributed by atoms with E-state index >= 15 is 4.79 Å². The van der Waals surface area contributed by atoms with E-state index in [0.29, 0.717) is 31.4 Å². The van der Waals surface area contributed by atoms with E-state index in [9.17, 15) is 19.5 Å². The van der Waals surface area contributed by atoms with E-state index in [2.05, 4.69) is 34.4 Å². The molecule has 2 bridgehead atoms. The number of aliphatic hydroxyl groups excluding tert-OH is 1. The lowest BCUT2D eigenvalue weighted by molar-refractivity contribution is -0.163. The number of carbonyl (C=O) groups excluding carboxylic acids is 4. The maximum absolute atomic E-state index is 15.0. The Labute approximate surface area is 316 Å². The lowest BCUT2D eigenvalue weighted by Crippen LogP contribution is -2.60. The first-order valence-electron chi connectivity index (χ1n) is 18.8. The van der Waals surface area contributed by atoms with E-state index < -0.39 is 53.7 Å². The molecule has 1 spiro atoms. The Morgan fingerprint density at radius 2 is 1.87 bits per heavy atom. The molecule has 3 amide bonds. The highest BCUT2D eigenvalue weighted by atomic mass is 79.9. The van der Waals surface area contributed by atoms with Crippen molar-refractivity contribution >= 4 is 39.6 Å². The molecule has 1 aliphatic carbocycles. The van der Waals surface area contributed by atoms with Crippen LogP contribution in [0, 0.1) is 17.8 Å². The molecule has 1 aromatic carbocycles. The van der Waals surface area contributed by atoms with Gasteiger partial charge in [0.1, 0.15) is 17.7 Å². The van der Waals surface area contributed by atoms with Gasteiger partial charge in [-0.05, 0) is 43.6 Å². The Balaban J connectivity index is 1.54. The fourth-order valence-electron chi connectivity index (χ4n) is 9.06. The molecule has 3 saturated heterocycles. The number of allylic oxidation sites excluding steroid dienone is 1. The van der Waals surface area contributed by atoms with Crippen molar-refractivity contribution in [3.63, 3.8) is 0 Å². The van der Waals surface area contributed by atoms with Crippen LogP contribution >= 0.6 is 15.9 Å². The highest BCUT2D eigenvalue weighted by Gasteiger charge is 2.77. The molecule has 4 fully saturated rings. The van der Waals surface area contributed by atoms with Gasteiger partial charge in [-0.25, -0.2) is 0 Å². The first-order valence-corrected chi connectivity index (χ1v) is 19.7. The maximum atomic E-state index is 15.0. The molecule has 3 aliphatic heterocycles. The number of hydrogen-bond acceptors (Lipinski definition) is 8. The number of nitrogens with zero attached hydrogens (tertiary/aromatic N) is 2. The number of carbonyl (C=O) groups is 4. The van der Waals surface area contributed by atoms with Gasteiger partial charge in [0, 0.05) is 30.9 Å². The summed E-state index contributed by atoms with van der Waals surface area (Å²) in [6.07, 6.45) is 8.04. The second-order valence-corrected chi connectivity index (χ2v) is 16.3. The molecule has 1 saturated carbocycles. The molecule has 52 heavy (non-hydrogen) atoms. The van der Waals surface area contributed by atoms with Gasteiger partial charge >= 0.3 is 5.97 Å². The first-order chi connectivity index (χ1) is 25.0. The SMILES string of the molecule is C=CCCC(=O)N[C@H](COC)[C@H](OC(=O)[C@@H]1[C@H]2O[C@@]3(CC2Br)[C@H](C(=O)N(CC=C)C2CCCCC2)N([C@@H](CO)CC(C)C)C(=O)[C@@H]13)c1ccccc1. The van der Waals surface area contributed by atoms with Crippen LogP contribution in [0.3, 0.4) is 0 Å². The summed E-state index contributed by atoms with van der Waals surface area (Å²) < 4.78 is 18.7. The fourth-order valence-corrected chi connectivity index (χ4v) is 10.0. The summed E-state index contributed by atoms with van der Waals surface area (Å²) in [7, 11) is 1.51. The van der Waals surface area contributed by atoms with Crippen LogP contribution < -0.4 is 5.32 Å². The highest BCUT2D eigenvalue weighted by molar-refractivity contribution is 9.09. The number of esters is 1. The summed E-state index contributed by atoms with van der Waals surface area (Å²) in [5.41, 5.74) is -0.671. The largest absolute Gasteiger partial charge is 0.455 e. The highest BCUT2D eigenvalue weighted by Crippen LogP contribution is 2.61. The molecule has 9 atom stereocenters. The van der Waals surface area contributed by atoms with E-state index in [1.54, 1.807) is 17.1 Å². The number of nitrogens with one attached hydrogen (secondary N) is 1. The summed E-state index contributed by atoms with van der Waals surface area (Å²) in [6.45, 7) is 11.7. The molecule has 3 heterocycles. The van der Waals surface area contributed by atoms with Crippen molar-refractivity contribution in [2.75, 3.05) is 26.9 Å². The second-order valence-electron chi connectivity index (χ2n) is 15.2. The van der Waals surface area contributed by atoms with Crippen molar-refractivity contribution in [3.05, 3.63) is 61.2 Å². The van der Waals surface area contributed by atoms with Gasteiger partial charge in [0.15, 0.2) is 0 Å². The van der Waals surface area contributed by atoms with Crippen LogP contribution in [0.4, 0.5) is 0 Å². The Morgan fingerprint density at radius 1 is 1.15 bits per heavy atom. The lowest BCUT2D eigenvalue weighted by Gasteiger charge is -2.42. The molecule has 1 aromatic rings. The Morgan fingerprint density at radius 3 is 2.48 bits per heavy atom. The third kappa shape index (κ3) is 8.05. The van der Waals surface area contributed by atoms with Crippen LogP contribution in [0.2, 0.25) is 0 Å². The molecular formula is C40H56BrN3O8. The summed E-state index contributed by atoms with van der Waals surface area (Å²) in [6, 6.07) is 6.69. The van der Waals surface area contributed by atoms with Gasteiger partial charge in [0.25, 0.3) is 0 Å². The zero-order valence-electron chi connectivity index (χ0n) is 30.8. The minimum absolute atomic E-state index is 0.00509. The molecule has 4 aliphatic rings. The van der Waals surface area contributed by atoms with Crippen LogP contribution in [0.5, 0.6) is 0 Å².